The van der Waals surface area contributed by atoms with Gasteiger partial charge < -0.3 is 4.98 Å². The van der Waals surface area contributed by atoms with E-state index in [1.807, 2.05) is 24.4 Å². The molecule has 0 unspecified atom stereocenters. The average molecular weight is 381 g/mol. The Bertz CT molecular complexity index is 941. The number of nitrogens with one attached hydrogen (secondary N) is 1. The number of nitrogens with zero attached hydrogens (tertiary/aromatic N) is 1. The van der Waals surface area contributed by atoms with Gasteiger partial charge in [-0.25, -0.2) is 4.98 Å². The van der Waals surface area contributed by atoms with E-state index in [1.165, 1.54) is 22.5 Å². The zero-order chi connectivity index (χ0) is 19.8. The van der Waals surface area contributed by atoms with Gasteiger partial charge in [-0.05, 0) is 43.9 Å². The molecule has 2 heterocycles. The van der Waals surface area contributed by atoms with Crippen molar-refractivity contribution in [3.63, 3.8) is 0 Å². The van der Waals surface area contributed by atoms with E-state index in [4.69, 9.17) is 4.98 Å². The fourth-order valence-corrected chi connectivity index (χ4v) is 3.82. The van der Waals surface area contributed by atoms with Crippen molar-refractivity contribution in [2.24, 2.45) is 0 Å². The van der Waals surface area contributed by atoms with Crippen LogP contribution in [0.25, 0.3) is 16.1 Å². The minimum Gasteiger partial charge on any atom is -0.328 e. The van der Waals surface area contributed by atoms with Crippen LogP contribution >= 0.6 is 11.3 Å². The fraction of sp³-hybridized carbons (Fsp3) is 0.304. The molecule has 0 aliphatic rings. The summed E-state index contributed by atoms with van der Waals surface area (Å²) in [5, 5.41) is 2.78. The van der Waals surface area contributed by atoms with Crippen LogP contribution in [0.5, 0.6) is 0 Å². The molecule has 142 valence electrons. The molecule has 4 heteroatoms. The Morgan fingerprint density at radius 1 is 1.37 bits per heavy atom. The second-order valence-corrected chi connectivity index (χ2v) is 7.24. The van der Waals surface area contributed by atoms with Gasteiger partial charge in [0.2, 0.25) is 0 Å². The number of H-pyrrole nitrogens is 1. The molecule has 0 atom stereocenters. The average Bonchev–Trinajstić information content (AvgIpc) is 3.15. The quantitative estimate of drug-likeness (QED) is 0.544. The van der Waals surface area contributed by atoms with E-state index in [1.54, 1.807) is 12.3 Å². The number of aromatic nitrogens is 2. The highest BCUT2D eigenvalue weighted by Crippen LogP contribution is 2.32. The molecule has 0 bridgehead atoms. The first-order valence-electron chi connectivity index (χ1n) is 9.39. The highest BCUT2D eigenvalue weighted by Gasteiger charge is 2.14. The van der Waals surface area contributed by atoms with Gasteiger partial charge in [0.05, 0.1) is 11.3 Å². The topological polar surface area (TPSA) is 45.8 Å². The van der Waals surface area contributed by atoms with E-state index >= 15 is 0 Å². The van der Waals surface area contributed by atoms with Crippen molar-refractivity contribution in [2.45, 2.75) is 47.0 Å². The summed E-state index contributed by atoms with van der Waals surface area (Å²) in [6.45, 7) is 12.2. The predicted molar refractivity (Wildman–Crippen MR) is 118 cm³/mol. The minimum absolute atomic E-state index is 0.0976. The summed E-state index contributed by atoms with van der Waals surface area (Å²) in [5.74, 6) is 0. The maximum atomic E-state index is 12.3. The molecular formula is C23H28N2OS. The molecule has 0 spiro atoms. The van der Waals surface area contributed by atoms with Crippen molar-refractivity contribution in [3.8, 4) is 10.6 Å². The fourth-order valence-electron chi connectivity index (χ4n) is 2.99. The summed E-state index contributed by atoms with van der Waals surface area (Å²) in [6, 6.07) is 1.94. The van der Waals surface area contributed by atoms with Crippen LogP contribution in [0, 0.1) is 0 Å². The third-order valence-electron chi connectivity index (χ3n) is 4.44. The Morgan fingerprint density at radius 2 is 2.15 bits per heavy atom. The van der Waals surface area contributed by atoms with E-state index in [0.717, 1.165) is 41.1 Å². The summed E-state index contributed by atoms with van der Waals surface area (Å²) in [6.07, 6.45) is 12.7. The predicted octanol–water partition coefficient (Wildman–Crippen LogP) is 6.32. The zero-order valence-corrected chi connectivity index (χ0v) is 17.5. The van der Waals surface area contributed by atoms with Gasteiger partial charge in [0.15, 0.2) is 0 Å². The Balaban J connectivity index is 2.51. The summed E-state index contributed by atoms with van der Waals surface area (Å²) in [5.41, 5.74) is 6.12. The first-order valence-corrected chi connectivity index (χ1v) is 10.3. The Kier molecular flexibility index (Phi) is 7.74. The summed E-state index contributed by atoms with van der Waals surface area (Å²) >= 11 is 1.51. The SMILES string of the molecule is C=C\C=C/C(=C(\C)CCC)C(=C\C)/c1csc(-c2cc(CC)c[nH]c2=O)n1. The molecule has 0 aliphatic carbocycles. The van der Waals surface area contributed by atoms with Gasteiger partial charge in [-0.15, -0.1) is 11.3 Å². The van der Waals surface area contributed by atoms with E-state index in [-0.39, 0.29) is 5.56 Å². The van der Waals surface area contributed by atoms with Gasteiger partial charge in [0.1, 0.15) is 5.01 Å². The summed E-state index contributed by atoms with van der Waals surface area (Å²) < 4.78 is 0. The molecule has 0 aliphatic heterocycles. The smallest absolute Gasteiger partial charge is 0.258 e. The van der Waals surface area contributed by atoms with Gasteiger partial charge in [-0.2, -0.15) is 0 Å². The van der Waals surface area contributed by atoms with Gasteiger partial charge in [0.25, 0.3) is 5.56 Å². The maximum absolute atomic E-state index is 12.3. The molecule has 0 fully saturated rings. The number of hydrogen-bond donors (Lipinski definition) is 1. The second-order valence-electron chi connectivity index (χ2n) is 6.38. The first kappa shape index (κ1) is 20.8. The monoisotopic (exact) mass is 380 g/mol. The third kappa shape index (κ3) is 5.04. The van der Waals surface area contributed by atoms with Crippen molar-refractivity contribution in [3.05, 3.63) is 81.3 Å². The molecule has 2 aromatic heterocycles. The van der Waals surface area contributed by atoms with E-state index < -0.39 is 0 Å². The normalized spacial score (nSPS) is 13.1. The first-order chi connectivity index (χ1) is 13.0. The molecule has 1 N–H and O–H groups in total. The van der Waals surface area contributed by atoms with Crippen LogP contribution in [0.1, 0.15) is 51.8 Å². The number of rotatable bonds is 8. The van der Waals surface area contributed by atoms with E-state index in [9.17, 15) is 4.79 Å². The molecule has 2 aromatic rings. The van der Waals surface area contributed by atoms with Gasteiger partial charge >= 0.3 is 0 Å². The molecular weight excluding hydrogens is 352 g/mol. The number of allylic oxidation sites excluding steroid dienone is 7. The molecule has 0 amide bonds. The largest absolute Gasteiger partial charge is 0.328 e. The van der Waals surface area contributed by atoms with Crippen LogP contribution in [0.3, 0.4) is 0 Å². The molecule has 3 nitrogen and oxygen atoms in total. The number of aromatic amines is 1. The Morgan fingerprint density at radius 3 is 2.78 bits per heavy atom. The van der Waals surface area contributed by atoms with Crippen LogP contribution in [-0.4, -0.2) is 9.97 Å². The van der Waals surface area contributed by atoms with Crippen molar-refractivity contribution >= 4 is 16.9 Å². The number of pyridine rings is 1. The summed E-state index contributed by atoms with van der Waals surface area (Å²) in [7, 11) is 0. The standard InChI is InChI=1S/C23H28N2OS/c1-6-10-12-19(16(5)11-7-2)18(9-4)21-15-27-23(25-21)20-13-17(8-3)14-24-22(20)26/h6,9-10,12-15H,1,7-8,11H2,2-5H3,(H,24,26)/b12-10-,18-9+,19-16-. The van der Waals surface area contributed by atoms with Crippen LogP contribution in [-0.2, 0) is 6.42 Å². The molecule has 0 aromatic carbocycles. The van der Waals surface area contributed by atoms with E-state index in [2.05, 4.69) is 44.5 Å². The molecule has 0 saturated heterocycles. The van der Waals surface area contributed by atoms with Gasteiger partial charge in [-0.3, -0.25) is 4.79 Å². The lowest BCUT2D eigenvalue weighted by Gasteiger charge is -2.11. The number of hydrogen-bond acceptors (Lipinski definition) is 3. The van der Waals surface area contributed by atoms with Crippen LogP contribution in [0.2, 0.25) is 0 Å². The molecule has 0 radical (unpaired) electrons. The zero-order valence-electron chi connectivity index (χ0n) is 16.6. The van der Waals surface area contributed by atoms with E-state index in [0.29, 0.717) is 5.56 Å². The van der Waals surface area contributed by atoms with Crippen LogP contribution < -0.4 is 5.56 Å². The second kappa shape index (κ2) is 10.0. The number of aryl methyl sites for hydroxylation is 1. The molecule has 0 saturated carbocycles. The van der Waals surface area contributed by atoms with Crippen molar-refractivity contribution in [1.29, 1.82) is 0 Å². The highest BCUT2D eigenvalue weighted by atomic mass is 32.1. The lowest BCUT2D eigenvalue weighted by molar-refractivity contribution is 0.900. The Labute approximate surface area is 165 Å². The lowest BCUT2D eigenvalue weighted by Crippen LogP contribution is -2.09. The Hall–Kier alpha value is -2.46. The molecule has 2 rings (SSSR count). The van der Waals surface area contributed by atoms with Gasteiger partial charge in [-0.1, -0.05) is 56.7 Å². The van der Waals surface area contributed by atoms with Crippen molar-refractivity contribution < 1.29 is 0 Å². The van der Waals surface area contributed by atoms with Crippen molar-refractivity contribution in [2.75, 3.05) is 0 Å². The highest BCUT2D eigenvalue weighted by molar-refractivity contribution is 7.13. The lowest BCUT2D eigenvalue weighted by atomic mass is 9.95. The maximum Gasteiger partial charge on any atom is 0.258 e. The van der Waals surface area contributed by atoms with Crippen molar-refractivity contribution in [1.82, 2.24) is 9.97 Å². The third-order valence-corrected chi connectivity index (χ3v) is 5.32. The number of thiazole rings is 1. The van der Waals surface area contributed by atoms with Gasteiger partial charge in [0, 0.05) is 17.2 Å². The van der Waals surface area contributed by atoms with Crippen LogP contribution in [0.15, 0.2) is 64.5 Å². The van der Waals surface area contributed by atoms with Crippen LogP contribution in [0.4, 0.5) is 0 Å². The minimum atomic E-state index is -0.0976. The summed E-state index contributed by atoms with van der Waals surface area (Å²) in [4.78, 5) is 19.9. The molecule has 27 heavy (non-hydrogen) atoms.